The molecule has 11 heavy (non-hydrogen) atoms. The molecule has 62 valence electrons. The van der Waals surface area contributed by atoms with Crippen molar-refractivity contribution < 1.29 is 10.2 Å². The Bertz CT molecular complexity index is 202. The summed E-state index contributed by atoms with van der Waals surface area (Å²) >= 11 is 0. The van der Waals surface area contributed by atoms with Gasteiger partial charge in [-0.2, -0.15) is 0 Å². The molecule has 0 unspecified atom stereocenters. The van der Waals surface area contributed by atoms with Crippen molar-refractivity contribution in [3.8, 4) is 0 Å². The van der Waals surface area contributed by atoms with Gasteiger partial charge >= 0.3 is 0 Å². The van der Waals surface area contributed by atoms with Crippen LogP contribution in [0.25, 0.3) is 0 Å². The van der Waals surface area contributed by atoms with Crippen LogP contribution < -0.4 is 0 Å². The molecule has 0 saturated heterocycles. The van der Waals surface area contributed by atoms with E-state index in [1.165, 1.54) is 0 Å². The molecule has 0 bridgehead atoms. The molecule has 0 atom stereocenters. The number of aliphatic hydroxyl groups excluding tert-OH is 2. The second-order valence-corrected chi connectivity index (χ2v) is 2.73. The van der Waals surface area contributed by atoms with Crippen molar-refractivity contribution in [3.63, 3.8) is 0 Å². The second-order valence-electron chi connectivity index (χ2n) is 2.73. The highest BCUT2D eigenvalue weighted by molar-refractivity contribution is 5.33. The predicted molar refractivity (Wildman–Crippen MR) is 44.3 cm³/mol. The number of allylic oxidation sites excluding steroid dienone is 2. The van der Waals surface area contributed by atoms with Gasteiger partial charge in [0.1, 0.15) is 5.76 Å². The van der Waals surface area contributed by atoms with Gasteiger partial charge in [0.05, 0.1) is 6.61 Å². The van der Waals surface area contributed by atoms with E-state index in [9.17, 15) is 5.11 Å². The second kappa shape index (κ2) is 3.58. The first-order valence-corrected chi connectivity index (χ1v) is 4.00. The molecular weight excluding hydrogens is 140 g/mol. The Kier molecular flexibility index (Phi) is 2.71. The zero-order valence-electron chi connectivity index (χ0n) is 6.80. The SMILES string of the molecule is CCC1=CCCC(CO)=C1O. The zero-order chi connectivity index (χ0) is 8.27. The van der Waals surface area contributed by atoms with Crippen molar-refractivity contribution in [1.82, 2.24) is 0 Å². The lowest BCUT2D eigenvalue weighted by Gasteiger charge is -2.14. The van der Waals surface area contributed by atoms with E-state index >= 15 is 0 Å². The van der Waals surface area contributed by atoms with Crippen LogP contribution >= 0.6 is 0 Å². The molecule has 0 fully saturated rings. The molecule has 0 amide bonds. The summed E-state index contributed by atoms with van der Waals surface area (Å²) in [7, 11) is 0. The van der Waals surface area contributed by atoms with Crippen LogP contribution in [0, 0.1) is 0 Å². The van der Waals surface area contributed by atoms with Gasteiger partial charge in [-0.15, -0.1) is 0 Å². The maximum absolute atomic E-state index is 9.48. The van der Waals surface area contributed by atoms with Gasteiger partial charge in [0.15, 0.2) is 0 Å². The van der Waals surface area contributed by atoms with E-state index in [0.29, 0.717) is 5.76 Å². The van der Waals surface area contributed by atoms with Crippen molar-refractivity contribution in [2.45, 2.75) is 26.2 Å². The molecule has 1 aliphatic carbocycles. The standard InChI is InChI=1S/C9H14O2/c1-2-7-4-3-5-8(6-10)9(7)11/h4,10-11H,2-3,5-6H2,1H3. The van der Waals surface area contributed by atoms with Crippen LogP contribution in [-0.4, -0.2) is 16.8 Å². The third kappa shape index (κ3) is 1.63. The average Bonchev–Trinajstić information content (AvgIpc) is 2.05. The Hall–Kier alpha value is -0.760. The minimum Gasteiger partial charge on any atom is -0.508 e. The molecule has 2 N–H and O–H groups in total. The number of rotatable bonds is 2. The fourth-order valence-corrected chi connectivity index (χ4v) is 1.33. The van der Waals surface area contributed by atoms with Gasteiger partial charge in [0.25, 0.3) is 0 Å². The third-order valence-electron chi connectivity index (χ3n) is 2.05. The highest BCUT2D eigenvalue weighted by Crippen LogP contribution is 2.24. The largest absolute Gasteiger partial charge is 0.508 e. The van der Waals surface area contributed by atoms with Crippen LogP contribution in [0.2, 0.25) is 0 Å². The van der Waals surface area contributed by atoms with Gasteiger partial charge in [-0.1, -0.05) is 13.0 Å². The average molecular weight is 154 g/mol. The molecule has 2 heteroatoms. The Balaban J connectivity index is 2.83. The van der Waals surface area contributed by atoms with Gasteiger partial charge < -0.3 is 10.2 Å². The van der Waals surface area contributed by atoms with E-state index in [1.807, 2.05) is 13.0 Å². The van der Waals surface area contributed by atoms with Crippen LogP contribution in [0.5, 0.6) is 0 Å². The van der Waals surface area contributed by atoms with Gasteiger partial charge in [0.2, 0.25) is 0 Å². The third-order valence-corrected chi connectivity index (χ3v) is 2.05. The molecule has 0 saturated carbocycles. The summed E-state index contributed by atoms with van der Waals surface area (Å²) < 4.78 is 0. The summed E-state index contributed by atoms with van der Waals surface area (Å²) in [6.07, 6.45) is 4.62. The molecule has 1 aliphatic rings. The molecular formula is C9H14O2. The topological polar surface area (TPSA) is 40.5 Å². The summed E-state index contributed by atoms with van der Waals surface area (Å²) in [6, 6.07) is 0. The maximum atomic E-state index is 9.48. The Labute approximate surface area is 66.9 Å². The fraction of sp³-hybridized carbons (Fsp3) is 0.556. The first kappa shape index (κ1) is 8.34. The normalized spacial score (nSPS) is 18.5. The van der Waals surface area contributed by atoms with Gasteiger partial charge in [-0.3, -0.25) is 0 Å². The molecule has 0 aromatic carbocycles. The molecule has 0 aromatic heterocycles. The summed E-state index contributed by atoms with van der Waals surface area (Å²) in [5, 5.41) is 18.3. The van der Waals surface area contributed by atoms with Crippen molar-refractivity contribution in [1.29, 1.82) is 0 Å². The van der Waals surface area contributed by atoms with E-state index < -0.39 is 0 Å². The van der Waals surface area contributed by atoms with E-state index in [1.54, 1.807) is 0 Å². The first-order chi connectivity index (χ1) is 5.29. The van der Waals surface area contributed by atoms with E-state index in [-0.39, 0.29) is 6.61 Å². The smallest absolute Gasteiger partial charge is 0.119 e. The van der Waals surface area contributed by atoms with Crippen molar-refractivity contribution in [2.24, 2.45) is 0 Å². The predicted octanol–water partition coefficient (Wildman–Crippen LogP) is 1.92. The molecule has 0 aliphatic heterocycles. The summed E-state index contributed by atoms with van der Waals surface area (Å²) in [6.45, 7) is 1.99. The van der Waals surface area contributed by atoms with Gasteiger partial charge in [-0.25, -0.2) is 0 Å². The lowest BCUT2D eigenvalue weighted by molar-refractivity contribution is 0.308. The van der Waals surface area contributed by atoms with Gasteiger partial charge in [0, 0.05) is 0 Å². The molecule has 0 spiro atoms. The maximum Gasteiger partial charge on any atom is 0.119 e. The lowest BCUT2D eigenvalue weighted by atomic mass is 9.96. The van der Waals surface area contributed by atoms with E-state index in [2.05, 4.69) is 0 Å². The monoisotopic (exact) mass is 154 g/mol. The summed E-state index contributed by atoms with van der Waals surface area (Å²) in [5.41, 5.74) is 1.75. The highest BCUT2D eigenvalue weighted by Gasteiger charge is 2.12. The molecule has 2 nitrogen and oxygen atoms in total. The lowest BCUT2D eigenvalue weighted by Crippen LogP contribution is -2.03. The van der Waals surface area contributed by atoms with Crippen LogP contribution in [0.1, 0.15) is 26.2 Å². The van der Waals surface area contributed by atoms with Crippen molar-refractivity contribution >= 4 is 0 Å². The van der Waals surface area contributed by atoms with Crippen LogP contribution in [0.15, 0.2) is 23.0 Å². The van der Waals surface area contributed by atoms with Crippen molar-refractivity contribution in [2.75, 3.05) is 6.61 Å². The summed E-state index contributed by atoms with van der Waals surface area (Å²) in [4.78, 5) is 0. The summed E-state index contributed by atoms with van der Waals surface area (Å²) in [5.74, 6) is 0.321. The molecule has 1 rings (SSSR count). The minimum atomic E-state index is -0.0107. The minimum absolute atomic E-state index is 0.0107. The zero-order valence-corrected chi connectivity index (χ0v) is 6.80. The number of aliphatic hydroxyl groups is 2. The van der Waals surface area contributed by atoms with Crippen molar-refractivity contribution in [3.05, 3.63) is 23.0 Å². The van der Waals surface area contributed by atoms with Crippen LogP contribution in [-0.2, 0) is 0 Å². The number of hydrogen-bond acceptors (Lipinski definition) is 2. The Morgan fingerprint density at radius 1 is 1.55 bits per heavy atom. The number of hydrogen-bond donors (Lipinski definition) is 2. The molecule has 0 aromatic rings. The van der Waals surface area contributed by atoms with Crippen LogP contribution in [0.4, 0.5) is 0 Å². The molecule has 0 radical (unpaired) electrons. The van der Waals surface area contributed by atoms with E-state index in [4.69, 9.17) is 5.11 Å². The van der Waals surface area contributed by atoms with Crippen LogP contribution in [0.3, 0.4) is 0 Å². The van der Waals surface area contributed by atoms with E-state index in [0.717, 1.165) is 30.4 Å². The Morgan fingerprint density at radius 3 is 2.82 bits per heavy atom. The Morgan fingerprint density at radius 2 is 2.27 bits per heavy atom. The first-order valence-electron chi connectivity index (χ1n) is 4.00. The quantitative estimate of drug-likeness (QED) is 0.638. The van der Waals surface area contributed by atoms with Gasteiger partial charge in [-0.05, 0) is 30.4 Å². The molecule has 0 heterocycles. The fourth-order valence-electron chi connectivity index (χ4n) is 1.33. The highest BCUT2D eigenvalue weighted by atomic mass is 16.3.